The maximum Gasteiger partial charge on any atom is 0.235 e. The summed E-state index contributed by atoms with van der Waals surface area (Å²) in [6, 6.07) is 8.07. The lowest BCUT2D eigenvalue weighted by atomic mass is 10.2. The van der Waals surface area contributed by atoms with Crippen LogP contribution in [0, 0.1) is 10.5 Å². The molecule has 0 atom stereocenters. The van der Waals surface area contributed by atoms with Crippen LogP contribution in [0.25, 0.3) is 11.3 Å². The summed E-state index contributed by atoms with van der Waals surface area (Å²) in [4.78, 5) is 8.71. The molecule has 0 amide bonds. The van der Waals surface area contributed by atoms with Crippen molar-refractivity contribution in [3.63, 3.8) is 0 Å². The molecule has 3 nitrogen and oxygen atoms in total. The maximum absolute atomic E-state index is 5.17. The number of ether oxygens (including phenoxy) is 1. The third kappa shape index (κ3) is 2.16. The molecular weight excluding hydrogens is 315 g/mol. The zero-order valence-corrected chi connectivity index (χ0v) is 11.2. The van der Waals surface area contributed by atoms with Crippen LogP contribution in [-0.2, 0) is 0 Å². The van der Waals surface area contributed by atoms with E-state index in [1.807, 2.05) is 31.2 Å². The predicted molar refractivity (Wildman–Crippen MR) is 71.5 cm³/mol. The van der Waals surface area contributed by atoms with E-state index in [0.29, 0.717) is 5.88 Å². The standard InChI is InChI=1S/C12H11IN2O/c1-8-12(16-2)15-11(7-14-8)9-5-3-4-6-10(9)13/h3-7H,1-2H3. The molecule has 0 aliphatic heterocycles. The first-order valence-electron chi connectivity index (χ1n) is 4.85. The van der Waals surface area contributed by atoms with Gasteiger partial charge in [0.15, 0.2) is 0 Å². The molecular formula is C12H11IN2O. The molecule has 0 bridgehead atoms. The second-order valence-corrected chi connectivity index (χ2v) is 4.49. The highest BCUT2D eigenvalue weighted by atomic mass is 127. The molecule has 0 unspecified atom stereocenters. The smallest absolute Gasteiger partial charge is 0.235 e. The molecule has 0 aliphatic carbocycles. The van der Waals surface area contributed by atoms with Gasteiger partial charge in [-0.1, -0.05) is 18.2 Å². The molecule has 82 valence electrons. The van der Waals surface area contributed by atoms with E-state index in [4.69, 9.17) is 4.74 Å². The van der Waals surface area contributed by atoms with Gasteiger partial charge in [-0.3, -0.25) is 4.98 Å². The molecule has 0 saturated carbocycles. The van der Waals surface area contributed by atoms with Crippen molar-refractivity contribution in [2.24, 2.45) is 0 Å². The Hall–Kier alpha value is -1.17. The maximum atomic E-state index is 5.17. The summed E-state index contributed by atoms with van der Waals surface area (Å²) in [6.07, 6.45) is 1.77. The van der Waals surface area contributed by atoms with Crippen molar-refractivity contribution in [3.8, 4) is 17.1 Å². The van der Waals surface area contributed by atoms with E-state index in [1.54, 1.807) is 13.3 Å². The third-order valence-electron chi connectivity index (χ3n) is 2.26. The minimum atomic E-state index is 0.581. The number of benzene rings is 1. The lowest BCUT2D eigenvalue weighted by Crippen LogP contribution is -1.96. The van der Waals surface area contributed by atoms with Gasteiger partial charge in [0.1, 0.15) is 0 Å². The molecule has 16 heavy (non-hydrogen) atoms. The molecule has 2 aromatic rings. The van der Waals surface area contributed by atoms with Gasteiger partial charge < -0.3 is 4.74 Å². The molecule has 1 heterocycles. The zero-order valence-electron chi connectivity index (χ0n) is 9.07. The first kappa shape index (κ1) is 11.3. The number of hydrogen-bond acceptors (Lipinski definition) is 3. The Morgan fingerprint density at radius 2 is 2.00 bits per heavy atom. The second kappa shape index (κ2) is 4.78. The van der Waals surface area contributed by atoms with Crippen molar-refractivity contribution in [1.29, 1.82) is 0 Å². The summed E-state index contributed by atoms with van der Waals surface area (Å²) in [5.74, 6) is 0.581. The fourth-order valence-corrected chi connectivity index (χ4v) is 2.09. The number of halogens is 1. The summed E-state index contributed by atoms with van der Waals surface area (Å²) >= 11 is 2.29. The van der Waals surface area contributed by atoms with Gasteiger partial charge in [-0.05, 0) is 35.6 Å². The van der Waals surface area contributed by atoms with E-state index >= 15 is 0 Å². The number of hydrogen-bond donors (Lipinski definition) is 0. The highest BCUT2D eigenvalue weighted by Gasteiger charge is 2.07. The lowest BCUT2D eigenvalue weighted by molar-refractivity contribution is 0.392. The Labute approximate surface area is 108 Å². The average Bonchev–Trinajstić information content (AvgIpc) is 2.31. The van der Waals surface area contributed by atoms with Crippen LogP contribution >= 0.6 is 22.6 Å². The zero-order chi connectivity index (χ0) is 11.5. The number of nitrogens with zero attached hydrogens (tertiary/aromatic N) is 2. The lowest BCUT2D eigenvalue weighted by Gasteiger charge is -2.07. The van der Waals surface area contributed by atoms with Gasteiger partial charge in [0.2, 0.25) is 5.88 Å². The Kier molecular flexibility index (Phi) is 3.38. The minimum absolute atomic E-state index is 0.581. The van der Waals surface area contributed by atoms with Crippen molar-refractivity contribution < 1.29 is 4.74 Å². The van der Waals surface area contributed by atoms with E-state index in [9.17, 15) is 0 Å². The fourth-order valence-electron chi connectivity index (χ4n) is 1.42. The molecule has 0 N–H and O–H groups in total. The average molecular weight is 326 g/mol. The van der Waals surface area contributed by atoms with Gasteiger partial charge in [-0.25, -0.2) is 4.98 Å². The van der Waals surface area contributed by atoms with Crippen LogP contribution in [0.15, 0.2) is 30.5 Å². The van der Waals surface area contributed by atoms with Crippen LogP contribution in [0.4, 0.5) is 0 Å². The van der Waals surface area contributed by atoms with Crippen LogP contribution in [0.2, 0.25) is 0 Å². The second-order valence-electron chi connectivity index (χ2n) is 3.33. The van der Waals surface area contributed by atoms with Crippen LogP contribution < -0.4 is 4.74 Å². The van der Waals surface area contributed by atoms with E-state index in [-0.39, 0.29) is 0 Å². The van der Waals surface area contributed by atoms with Crippen LogP contribution in [0.5, 0.6) is 5.88 Å². The fraction of sp³-hybridized carbons (Fsp3) is 0.167. The first-order valence-corrected chi connectivity index (χ1v) is 5.93. The summed E-state index contributed by atoms with van der Waals surface area (Å²) in [6.45, 7) is 1.88. The SMILES string of the molecule is COc1nc(-c2ccccc2I)cnc1C. The van der Waals surface area contributed by atoms with Gasteiger partial charge in [-0.2, -0.15) is 0 Å². The Bertz CT molecular complexity index is 514. The van der Waals surface area contributed by atoms with E-state index < -0.39 is 0 Å². The van der Waals surface area contributed by atoms with Gasteiger partial charge >= 0.3 is 0 Å². The van der Waals surface area contributed by atoms with E-state index in [1.165, 1.54) is 0 Å². The highest BCUT2D eigenvalue weighted by molar-refractivity contribution is 14.1. The molecule has 1 aromatic carbocycles. The normalized spacial score (nSPS) is 10.2. The van der Waals surface area contributed by atoms with Gasteiger partial charge in [0.25, 0.3) is 0 Å². The monoisotopic (exact) mass is 326 g/mol. The first-order chi connectivity index (χ1) is 7.72. The molecule has 0 fully saturated rings. The Morgan fingerprint density at radius 3 is 2.69 bits per heavy atom. The van der Waals surface area contributed by atoms with Crippen molar-refractivity contribution in [1.82, 2.24) is 9.97 Å². The minimum Gasteiger partial charge on any atom is -0.480 e. The van der Waals surface area contributed by atoms with Crippen LogP contribution in [0.1, 0.15) is 5.69 Å². The van der Waals surface area contributed by atoms with Crippen molar-refractivity contribution >= 4 is 22.6 Å². The molecule has 0 spiro atoms. The topological polar surface area (TPSA) is 35.0 Å². The third-order valence-corrected chi connectivity index (χ3v) is 3.20. The summed E-state index contributed by atoms with van der Waals surface area (Å²) in [5, 5.41) is 0. The number of rotatable bonds is 2. The number of aromatic nitrogens is 2. The van der Waals surface area contributed by atoms with Crippen molar-refractivity contribution in [2.75, 3.05) is 7.11 Å². The van der Waals surface area contributed by atoms with Crippen LogP contribution in [-0.4, -0.2) is 17.1 Å². The van der Waals surface area contributed by atoms with Gasteiger partial charge in [-0.15, -0.1) is 0 Å². The molecule has 1 aromatic heterocycles. The van der Waals surface area contributed by atoms with Gasteiger partial charge in [0, 0.05) is 9.13 Å². The number of methoxy groups -OCH3 is 1. The van der Waals surface area contributed by atoms with Crippen molar-refractivity contribution in [2.45, 2.75) is 6.92 Å². The summed E-state index contributed by atoms with van der Waals surface area (Å²) < 4.78 is 6.32. The molecule has 0 aliphatic rings. The van der Waals surface area contributed by atoms with Crippen molar-refractivity contribution in [3.05, 3.63) is 39.7 Å². The summed E-state index contributed by atoms with van der Waals surface area (Å²) in [5.41, 5.74) is 2.72. The molecule has 0 radical (unpaired) electrons. The van der Waals surface area contributed by atoms with Crippen LogP contribution in [0.3, 0.4) is 0 Å². The Balaban J connectivity index is 2.53. The number of aryl methyl sites for hydroxylation is 1. The van der Waals surface area contributed by atoms with Gasteiger partial charge in [0.05, 0.1) is 24.7 Å². The quantitative estimate of drug-likeness (QED) is 0.796. The van der Waals surface area contributed by atoms with E-state index in [0.717, 1.165) is 20.5 Å². The van der Waals surface area contributed by atoms with E-state index in [2.05, 4.69) is 32.6 Å². The molecule has 0 saturated heterocycles. The molecule has 2 rings (SSSR count). The highest BCUT2D eigenvalue weighted by Crippen LogP contribution is 2.25. The largest absolute Gasteiger partial charge is 0.480 e. The Morgan fingerprint density at radius 1 is 1.25 bits per heavy atom. The summed E-state index contributed by atoms with van der Waals surface area (Å²) in [7, 11) is 1.61. The predicted octanol–water partition coefficient (Wildman–Crippen LogP) is 3.07. The molecule has 4 heteroatoms.